The molecule has 0 bridgehead atoms. The van der Waals surface area contributed by atoms with Crippen LogP contribution in [0.3, 0.4) is 0 Å². The zero-order chi connectivity index (χ0) is 12.5. The molecule has 0 aliphatic heterocycles. The van der Waals surface area contributed by atoms with Gasteiger partial charge in [-0.2, -0.15) is 0 Å². The van der Waals surface area contributed by atoms with E-state index in [1.54, 1.807) is 12.5 Å². The van der Waals surface area contributed by atoms with E-state index in [-0.39, 0.29) is 12.4 Å². The van der Waals surface area contributed by atoms with Gasteiger partial charge in [-0.15, -0.1) is 12.4 Å². The second kappa shape index (κ2) is 5.50. The molecule has 4 nitrogen and oxygen atoms in total. The minimum Gasteiger partial charge on any atom is -0.337 e. The molecule has 3 aromatic rings. The Kier molecular flexibility index (Phi) is 3.97. The van der Waals surface area contributed by atoms with Crippen LogP contribution in [0.5, 0.6) is 0 Å². The summed E-state index contributed by atoms with van der Waals surface area (Å²) in [6, 6.07) is 11.3. The summed E-state index contributed by atoms with van der Waals surface area (Å²) in [7, 11) is -1.04. The van der Waals surface area contributed by atoms with Crippen LogP contribution in [0.15, 0.2) is 47.5 Å². The van der Waals surface area contributed by atoms with E-state index in [9.17, 15) is 4.21 Å². The quantitative estimate of drug-likeness (QED) is 0.790. The smallest absolute Gasteiger partial charge is 0.178 e. The number of nitrogens with zero attached hydrogens (tertiary/aromatic N) is 2. The molecule has 3 rings (SSSR count). The highest BCUT2D eigenvalue weighted by Gasteiger charge is 2.11. The first-order valence-electron chi connectivity index (χ1n) is 5.49. The molecule has 1 atom stereocenters. The van der Waals surface area contributed by atoms with Crippen molar-refractivity contribution in [1.29, 1.82) is 0 Å². The number of benzene rings is 1. The van der Waals surface area contributed by atoms with Crippen molar-refractivity contribution in [2.24, 2.45) is 0 Å². The van der Waals surface area contributed by atoms with Gasteiger partial charge in [-0.05, 0) is 18.2 Å². The van der Waals surface area contributed by atoms with E-state index in [1.807, 2.05) is 36.4 Å². The maximum Gasteiger partial charge on any atom is 0.178 e. The Hall–Kier alpha value is -1.72. The van der Waals surface area contributed by atoms with Gasteiger partial charge in [-0.1, -0.05) is 18.2 Å². The van der Waals surface area contributed by atoms with E-state index < -0.39 is 10.8 Å². The monoisotopic (exact) mass is 293 g/mol. The predicted octanol–water partition coefficient (Wildman–Crippen LogP) is 2.78. The average Bonchev–Trinajstić information content (AvgIpc) is 2.82. The molecule has 2 aromatic heterocycles. The van der Waals surface area contributed by atoms with Crippen LogP contribution >= 0.6 is 12.4 Å². The van der Waals surface area contributed by atoms with Crippen molar-refractivity contribution in [3.63, 3.8) is 0 Å². The highest BCUT2D eigenvalue weighted by molar-refractivity contribution is 7.84. The molecule has 1 unspecified atom stereocenters. The minimum atomic E-state index is -1.04. The molecule has 0 aliphatic carbocycles. The number of nitrogens with one attached hydrogen (secondary N) is 1. The molecule has 6 heteroatoms. The van der Waals surface area contributed by atoms with Gasteiger partial charge in [0.15, 0.2) is 5.65 Å². The number of H-pyrrole nitrogens is 1. The van der Waals surface area contributed by atoms with Crippen molar-refractivity contribution in [2.45, 2.75) is 4.90 Å². The third kappa shape index (κ3) is 2.52. The highest BCUT2D eigenvalue weighted by Crippen LogP contribution is 2.24. The Bertz CT molecular complexity index is 708. The number of aromatic nitrogens is 3. The molecule has 0 aliphatic rings. The van der Waals surface area contributed by atoms with Crippen LogP contribution < -0.4 is 0 Å². The van der Waals surface area contributed by atoms with Crippen LogP contribution in [0, 0.1) is 0 Å². The Morgan fingerprint density at radius 3 is 2.68 bits per heavy atom. The summed E-state index contributed by atoms with van der Waals surface area (Å²) in [5.41, 5.74) is 2.41. The zero-order valence-electron chi connectivity index (χ0n) is 10.2. The number of pyridine rings is 1. The van der Waals surface area contributed by atoms with Gasteiger partial charge in [0.25, 0.3) is 0 Å². The van der Waals surface area contributed by atoms with E-state index in [1.165, 1.54) is 0 Å². The molecule has 2 heterocycles. The molecule has 98 valence electrons. The first-order valence-corrected chi connectivity index (χ1v) is 7.05. The highest BCUT2D eigenvalue weighted by atomic mass is 35.5. The molecule has 0 spiro atoms. The lowest BCUT2D eigenvalue weighted by Gasteiger charge is -2.03. The molecule has 0 fully saturated rings. The number of aromatic amines is 1. The fourth-order valence-corrected chi connectivity index (χ4v) is 2.63. The number of rotatable bonds is 2. The van der Waals surface area contributed by atoms with Crippen molar-refractivity contribution in [2.75, 3.05) is 6.26 Å². The van der Waals surface area contributed by atoms with Crippen molar-refractivity contribution in [3.8, 4) is 11.4 Å². The van der Waals surface area contributed by atoms with Gasteiger partial charge >= 0.3 is 0 Å². The number of hydrogen-bond donors (Lipinski definition) is 1. The molecule has 19 heavy (non-hydrogen) atoms. The summed E-state index contributed by atoms with van der Waals surface area (Å²) >= 11 is 0. The Balaban J connectivity index is 0.00000133. The Labute approximate surface area is 119 Å². The number of hydrogen-bond acceptors (Lipinski definition) is 3. The third-order valence-corrected chi connectivity index (χ3v) is 3.68. The standard InChI is InChI=1S/C13H11N3OS.ClH/c1-18(17)11-7-3-2-5-9(11)12-15-10-6-4-8-14-13(10)16-12;/h2-8H,1H3,(H,14,15,16);1H. The van der Waals surface area contributed by atoms with Gasteiger partial charge < -0.3 is 4.98 Å². The van der Waals surface area contributed by atoms with Crippen molar-refractivity contribution >= 4 is 34.4 Å². The van der Waals surface area contributed by atoms with Crippen molar-refractivity contribution < 1.29 is 4.21 Å². The van der Waals surface area contributed by atoms with Gasteiger partial charge in [-0.25, -0.2) is 9.97 Å². The molecule has 1 aromatic carbocycles. The van der Waals surface area contributed by atoms with E-state index in [4.69, 9.17) is 0 Å². The van der Waals surface area contributed by atoms with Gasteiger partial charge in [0, 0.05) is 22.9 Å². The second-order valence-corrected chi connectivity index (χ2v) is 5.26. The van der Waals surface area contributed by atoms with Crippen molar-refractivity contribution in [3.05, 3.63) is 42.6 Å². The summed E-state index contributed by atoms with van der Waals surface area (Å²) in [5, 5.41) is 0. The first kappa shape index (κ1) is 13.7. The van der Waals surface area contributed by atoms with E-state index in [2.05, 4.69) is 15.0 Å². The van der Waals surface area contributed by atoms with Crippen LogP contribution in [0.1, 0.15) is 0 Å². The lowest BCUT2D eigenvalue weighted by atomic mass is 10.2. The summed E-state index contributed by atoms with van der Waals surface area (Å²) in [6.45, 7) is 0. The van der Waals surface area contributed by atoms with Crippen molar-refractivity contribution in [1.82, 2.24) is 15.0 Å². The average molecular weight is 294 g/mol. The van der Waals surface area contributed by atoms with E-state index in [0.29, 0.717) is 11.5 Å². The molecule has 0 saturated carbocycles. The molecule has 0 saturated heterocycles. The molecule has 1 N–H and O–H groups in total. The molecule has 0 radical (unpaired) electrons. The van der Waals surface area contributed by atoms with Crippen LogP contribution in [-0.2, 0) is 10.8 Å². The lowest BCUT2D eigenvalue weighted by Crippen LogP contribution is -1.92. The summed E-state index contributed by atoms with van der Waals surface area (Å²) in [6.07, 6.45) is 3.37. The first-order chi connectivity index (χ1) is 8.75. The summed E-state index contributed by atoms with van der Waals surface area (Å²) < 4.78 is 11.7. The lowest BCUT2D eigenvalue weighted by molar-refractivity contribution is 0.687. The van der Waals surface area contributed by atoms with Gasteiger partial charge in [0.05, 0.1) is 16.3 Å². The fraction of sp³-hybridized carbons (Fsp3) is 0.0769. The van der Waals surface area contributed by atoms with Crippen LogP contribution in [-0.4, -0.2) is 25.4 Å². The third-order valence-electron chi connectivity index (χ3n) is 2.71. The Morgan fingerprint density at radius 1 is 1.16 bits per heavy atom. The SMILES string of the molecule is CS(=O)c1ccccc1-c1nc2ncccc2[nH]1.Cl. The zero-order valence-corrected chi connectivity index (χ0v) is 11.8. The second-order valence-electron chi connectivity index (χ2n) is 3.91. The number of fused-ring (bicyclic) bond motifs is 1. The number of imidazole rings is 1. The Morgan fingerprint density at radius 2 is 1.95 bits per heavy atom. The summed E-state index contributed by atoms with van der Waals surface area (Å²) in [5.74, 6) is 0.703. The maximum atomic E-state index is 11.7. The molecule has 0 amide bonds. The van der Waals surface area contributed by atoms with Gasteiger partial charge in [-0.3, -0.25) is 4.21 Å². The topological polar surface area (TPSA) is 58.6 Å². The normalized spacial score (nSPS) is 12.1. The predicted molar refractivity (Wildman–Crippen MR) is 78.9 cm³/mol. The molecular weight excluding hydrogens is 282 g/mol. The minimum absolute atomic E-state index is 0. The van der Waals surface area contributed by atoms with Gasteiger partial charge in [0.1, 0.15) is 5.82 Å². The summed E-state index contributed by atoms with van der Waals surface area (Å²) in [4.78, 5) is 12.6. The van der Waals surface area contributed by atoms with E-state index >= 15 is 0 Å². The van der Waals surface area contributed by atoms with Crippen LogP contribution in [0.25, 0.3) is 22.6 Å². The van der Waals surface area contributed by atoms with Crippen LogP contribution in [0.4, 0.5) is 0 Å². The number of halogens is 1. The maximum absolute atomic E-state index is 11.7. The van der Waals surface area contributed by atoms with Crippen LogP contribution in [0.2, 0.25) is 0 Å². The molecular formula is C13H12ClN3OS. The van der Waals surface area contributed by atoms with Gasteiger partial charge in [0.2, 0.25) is 0 Å². The fourth-order valence-electron chi connectivity index (χ4n) is 1.89. The van der Waals surface area contributed by atoms with E-state index in [0.717, 1.165) is 16.0 Å². The largest absolute Gasteiger partial charge is 0.337 e.